The van der Waals surface area contributed by atoms with Crippen LogP contribution in [0.1, 0.15) is 13.8 Å². The Balaban J connectivity index is 2.62. The zero-order valence-electron chi connectivity index (χ0n) is 5.84. The zero-order chi connectivity index (χ0) is 7.78. The van der Waals surface area contributed by atoms with Gasteiger partial charge in [-0.05, 0) is 0 Å². The molecular weight excluding hydrogens is 150 g/mol. The lowest BCUT2D eigenvalue weighted by Gasteiger charge is -2.17. The van der Waals surface area contributed by atoms with Gasteiger partial charge < -0.3 is 10.1 Å². The van der Waals surface area contributed by atoms with E-state index in [-0.39, 0.29) is 4.75 Å². The molecule has 0 radical (unpaired) electrons. The van der Waals surface area contributed by atoms with Crippen molar-refractivity contribution in [3.05, 3.63) is 0 Å². The molecule has 1 aliphatic rings. The van der Waals surface area contributed by atoms with Crippen molar-refractivity contribution in [1.29, 1.82) is 0 Å². The average Bonchev–Trinajstić information content (AvgIpc) is 2.10. The molecule has 0 saturated carbocycles. The molecule has 1 atom stereocenters. The van der Waals surface area contributed by atoms with Gasteiger partial charge in [-0.15, -0.1) is 11.8 Å². The highest BCUT2D eigenvalue weighted by Crippen LogP contribution is 2.25. The summed E-state index contributed by atoms with van der Waals surface area (Å²) in [5, 5.41) is 8.00. The number of hydrogen-bond acceptors (Lipinski definition) is 2. The van der Waals surface area contributed by atoms with E-state index in [9.17, 15) is 4.79 Å². The zero-order valence-corrected chi connectivity index (χ0v) is 6.66. The van der Waals surface area contributed by atoms with Crippen LogP contribution in [-0.2, 0) is 4.79 Å². The lowest BCUT2D eigenvalue weighted by Crippen LogP contribution is -2.75. The highest BCUT2D eigenvalue weighted by atomic mass is 32.2. The summed E-state index contributed by atoms with van der Waals surface area (Å²) in [5.74, 6) is -0.830. The number of carboxylic acid groups (broad SMARTS) is 1. The third kappa shape index (κ3) is 1.50. The molecule has 1 heterocycles. The van der Waals surface area contributed by atoms with Crippen molar-refractivity contribution in [3.63, 3.8) is 0 Å². The van der Waals surface area contributed by atoms with E-state index >= 15 is 0 Å². The molecule has 0 amide bonds. The first-order chi connectivity index (χ1) is 4.51. The average molecular weight is 159 g/mol. The van der Waals surface area contributed by atoms with Gasteiger partial charge in [-0.3, -0.25) is 0 Å². The molecule has 0 unspecified atom stereocenters. The van der Waals surface area contributed by atoms with E-state index in [2.05, 4.69) is 11.2 Å². The largest absolute Gasteiger partial charge is 0.476 e. The van der Waals surface area contributed by atoms with Crippen molar-refractivity contribution in [2.45, 2.75) is 24.0 Å². The second-order valence-corrected chi connectivity index (χ2v) is 4.34. The number of nitrogens with one attached hydrogen (secondary N) is 1. The Hall–Kier alpha value is -0.510. The smallest absolute Gasteiger partial charge is 0.381 e. The Kier molecular flexibility index (Phi) is 1.72. The normalized spacial score (nSPS) is 28.8. The van der Waals surface area contributed by atoms with E-state index in [0.717, 1.165) is 0 Å². The van der Waals surface area contributed by atoms with E-state index in [0.29, 0.717) is 0 Å². The quantitative estimate of drug-likeness (QED) is 0.480. The van der Waals surface area contributed by atoms with Gasteiger partial charge in [-0.25, -0.2) is 4.79 Å². The van der Waals surface area contributed by atoms with E-state index in [1.807, 2.05) is 13.8 Å². The van der Waals surface area contributed by atoms with Gasteiger partial charge in [0.25, 0.3) is 5.37 Å². The predicted molar refractivity (Wildman–Crippen MR) is 39.1 cm³/mol. The topological polar surface area (TPSA) is 51.3 Å². The van der Waals surface area contributed by atoms with Gasteiger partial charge in [0.15, 0.2) is 0 Å². The minimum Gasteiger partial charge on any atom is -0.476 e. The molecule has 3 nitrogen and oxygen atoms in total. The fraction of sp³-hybridized carbons (Fsp3) is 0.667. The van der Waals surface area contributed by atoms with Gasteiger partial charge in [0.1, 0.15) is 0 Å². The summed E-state index contributed by atoms with van der Waals surface area (Å²) in [7, 11) is 0. The summed E-state index contributed by atoms with van der Waals surface area (Å²) < 4.78 is -0.178. The molecule has 0 bridgehead atoms. The van der Waals surface area contributed by atoms with E-state index < -0.39 is 11.3 Å². The first-order valence-electron chi connectivity index (χ1n) is 2.94. The minimum absolute atomic E-state index is 0.178. The Morgan fingerprint density at radius 2 is 2.40 bits per heavy atom. The van der Waals surface area contributed by atoms with Crippen LogP contribution >= 0.6 is 11.8 Å². The maximum Gasteiger partial charge on any atom is 0.381 e. The van der Waals surface area contributed by atoms with Crippen LogP contribution in [0.4, 0.5) is 0 Å². The first-order valence-corrected chi connectivity index (χ1v) is 3.82. The summed E-state index contributed by atoms with van der Waals surface area (Å²) >= 11 is 1.35. The number of thioether (sulfide) groups is 1. The van der Waals surface area contributed by atoms with Crippen LogP contribution < -0.4 is 4.99 Å². The standard InChI is InChI=1S/C6H9NO2S/c1-6(2)3-7-4(10-6)5(8)9/h4,7H,1-2H3,(H,8,9)/t4-/m0/s1. The highest BCUT2D eigenvalue weighted by molar-refractivity contribution is 8.02. The summed E-state index contributed by atoms with van der Waals surface area (Å²) in [6.07, 6.45) is 2.86. The summed E-state index contributed by atoms with van der Waals surface area (Å²) in [5.41, 5.74) is 0. The Morgan fingerprint density at radius 1 is 1.80 bits per heavy atom. The molecule has 1 aliphatic heterocycles. The molecule has 0 aromatic rings. The number of aliphatic carboxylic acids is 1. The molecule has 0 aliphatic carbocycles. The molecule has 0 fully saturated rings. The fourth-order valence-electron chi connectivity index (χ4n) is 0.705. The summed E-state index contributed by atoms with van der Waals surface area (Å²) in [6, 6.07) is 0. The highest BCUT2D eigenvalue weighted by Gasteiger charge is 2.29. The second-order valence-electron chi connectivity index (χ2n) is 2.62. The fourth-order valence-corrected chi connectivity index (χ4v) is 1.63. The first kappa shape index (κ1) is 7.60. The van der Waals surface area contributed by atoms with Gasteiger partial charge in [0, 0.05) is 0 Å². The monoisotopic (exact) mass is 159 g/mol. The van der Waals surface area contributed by atoms with E-state index in [1.54, 1.807) is 0 Å². The van der Waals surface area contributed by atoms with Crippen molar-refractivity contribution in [2.24, 2.45) is 0 Å². The third-order valence-electron chi connectivity index (χ3n) is 1.14. The molecule has 0 aromatic carbocycles. The Morgan fingerprint density at radius 3 is 2.60 bits per heavy atom. The number of carboxylic acids is 1. The van der Waals surface area contributed by atoms with Crippen molar-refractivity contribution < 1.29 is 14.9 Å². The van der Waals surface area contributed by atoms with Crippen LogP contribution in [0.25, 0.3) is 0 Å². The molecule has 0 saturated heterocycles. The van der Waals surface area contributed by atoms with Crippen molar-refractivity contribution in [3.8, 4) is 0 Å². The van der Waals surface area contributed by atoms with Crippen LogP contribution in [0.3, 0.4) is 0 Å². The van der Waals surface area contributed by atoms with Crippen molar-refractivity contribution >= 4 is 23.9 Å². The lowest BCUT2D eigenvalue weighted by molar-refractivity contribution is -0.454. The summed E-state index contributed by atoms with van der Waals surface area (Å²) in [4.78, 5) is 13.0. The van der Waals surface area contributed by atoms with Gasteiger partial charge >= 0.3 is 5.97 Å². The van der Waals surface area contributed by atoms with Crippen LogP contribution in [0, 0.1) is 0 Å². The predicted octanol–water partition coefficient (Wildman–Crippen LogP) is -1.05. The molecule has 0 spiro atoms. The molecule has 56 valence electrons. The number of carbonyl (C=O) groups is 1. The van der Waals surface area contributed by atoms with Crippen LogP contribution in [-0.4, -0.2) is 27.4 Å². The molecule has 2 N–H and O–H groups in total. The molecule has 0 aromatic heterocycles. The van der Waals surface area contributed by atoms with Gasteiger partial charge in [0.05, 0.1) is 0 Å². The maximum absolute atomic E-state index is 10.4. The van der Waals surface area contributed by atoms with Gasteiger partial charge in [0.2, 0.25) is 0 Å². The summed E-state index contributed by atoms with van der Waals surface area (Å²) in [6.45, 7) is 3.85. The molecular formula is C6H9NO2S. The molecule has 1 rings (SSSR count). The Labute approximate surface area is 63.5 Å². The van der Waals surface area contributed by atoms with Crippen molar-refractivity contribution in [1.82, 2.24) is 0 Å². The number of rotatable bonds is 1. The van der Waals surface area contributed by atoms with Gasteiger partial charge in [-0.1, -0.05) is 18.6 Å². The van der Waals surface area contributed by atoms with E-state index in [1.165, 1.54) is 11.8 Å². The Bertz CT molecular complexity index is 188. The van der Waals surface area contributed by atoms with Crippen LogP contribution in [0.5, 0.6) is 0 Å². The lowest BCUT2D eigenvalue weighted by atomic mass is 10.2. The van der Waals surface area contributed by atoms with Crippen molar-refractivity contribution in [2.75, 3.05) is 0 Å². The van der Waals surface area contributed by atoms with Crippen LogP contribution in [0.2, 0.25) is 0 Å². The second kappa shape index (κ2) is 2.27. The maximum atomic E-state index is 10.4. The number of hydrogen-bond donors (Lipinski definition) is 2. The molecule has 10 heavy (non-hydrogen) atoms. The molecule has 4 heteroatoms. The minimum atomic E-state index is -0.830. The SMILES string of the molecule is CC1(C)[C-]=[NH+][C@H](C(=O)O)S1. The third-order valence-corrected chi connectivity index (χ3v) is 2.39. The van der Waals surface area contributed by atoms with Gasteiger partial charge in [-0.2, -0.15) is 6.21 Å². The van der Waals surface area contributed by atoms with E-state index in [4.69, 9.17) is 5.11 Å². The van der Waals surface area contributed by atoms with Crippen LogP contribution in [0.15, 0.2) is 0 Å².